The fourth-order valence-electron chi connectivity index (χ4n) is 1.21. The smallest absolute Gasteiger partial charge is 0.120 e. The molecule has 4 nitrogen and oxygen atoms in total. The molecule has 0 rings (SSSR count). The Balaban J connectivity index is 3.56. The largest absolute Gasteiger partial charge is 0.303 e. The second kappa shape index (κ2) is 9.07. The highest BCUT2D eigenvalue weighted by Crippen LogP contribution is 2.10. The molecule has 0 aromatic carbocycles. The summed E-state index contributed by atoms with van der Waals surface area (Å²) in [5, 5.41) is 3.56. The van der Waals surface area contributed by atoms with E-state index in [9.17, 15) is 4.79 Å². The summed E-state index contributed by atoms with van der Waals surface area (Å²) in [6.45, 7) is 2.15. The predicted octanol–water partition coefficient (Wildman–Crippen LogP) is 3.22. The highest BCUT2D eigenvalue weighted by molar-refractivity contribution is 5.50. The van der Waals surface area contributed by atoms with Gasteiger partial charge in [-0.25, -0.2) is 0 Å². The molecule has 4 heteroatoms. The van der Waals surface area contributed by atoms with Crippen LogP contribution in [0.4, 0.5) is 0 Å². The SMILES string of the molecule is CCCCCCC(CC=O)N=[N+]=[N-]. The Labute approximate surface area is 79.0 Å². The van der Waals surface area contributed by atoms with Gasteiger partial charge in [0.15, 0.2) is 0 Å². The Hall–Kier alpha value is -1.02. The molecular formula is C9H17N3O. The van der Waals surface area contributed by atoms with Crippen LogP contribution in [0.2, 0.25) is 0 Å². The maximum absolute atomic E-state index is 10.2. The van der Waals surface area contributed by atoms with Gasteiger partial charge >= 0.3 is 0 Å². The van der Waals surface area contributed by atoms with Crippen molar-refractivity contribution in [3.63, 3.8) is 0 Å². The first-order valence-corrected chi connectivity index (χ1v) is 4.83. The molecule has 0 amide bonds. The van der Waals surface area contributed by atoms with E-state index in [0.717, 1.165) is 25.5 Å². The lowest BCUT2D eigenvalue weighted by molar-refractivity contribution is -0.108. The summed E-state index contributed by atoms with van der Waals surface area (Å²) in [7, 11) is 0. The summed E-state index contributed by atoms with van der Waals surface area (Å²) in [6, 6.07) is -0.126. The molecule has 0 aromatic heterocycles. The molecule has 0 saturated carbocycles. The van der Waals surface area contributed by atoms with E-state index in [0.29, 0.717) is 6.42 Å². The minimum atomic E-state index is -0.126. The van der Waals surface area contributed by atoms with E-state index in [-0.39, 0.29) is 6.04 Å². The van der Waals surface area contributed by atoms with Gasteiger partial charge in [0.05, 0.1) is 0 Å². The fraction of sp³-hybridized carbons (Fsp3) is 0.889. The first-order valence-electron chi connectivity index (χ1n) is 4.83. The fourth-order valence-corrected chi connectivity index (χ4v) is 1.21. The van der Waals surface area contributed by atoms with Crippen LogP contribution < -0.4 is 0 Å². The predicted molar refractivity (Wildman–Crippen MR) is 52.4 cm³/mol. The zero-order valence-corrected chi connectivity index (χ0v) is 8.15. The van der Waals surface area contributed by atoms with Gasteiger partial charge in [-0.1, -0.05) is 37.7 Å². The van der Waals surface area contributed by atoms with Crippen LogP contribution in [0, 0.1) is 0 Å². The number of azide groups is 1. The Morgan fingerprint density at radius 1 is 1.46 bits per heavy atom. The van der Waals surface area contributed by atoms with E-state index in [1.54, 1.807) is 0 Å². The van der Waals surface area contributed by atoms with Crippen LogP contribution in [0.5, 0.6) is 0 Å². The maximum atomic E-state index is 10.2. The van der Waals surface area contributed by atoms with Crippen molar-refractivity contribution in [1.82, 2.24) is 0 Å². The lowest BCUT2D eigenvalue weighted by Gasteiger charge is -2.05. The molecular weight excluding hydrogens is 166 g/mol. The summed E-state index contributed by atoms with van der Waals surface area (Å²) in [5.41, 5.74) is 8.21. The molecule has 0 aromatic rings. The topological polar surface area (TPSA) is 65.8 Å². The van der Waals surface area contributed by atoms with Gasteiger partial charge in [0, 0.05) is 17.4 Å². The lowest BCUT2D eigenvalue weighted by Crippen LogP contribution is -2.03. The zero-order chi connectivity index (χ0) is 9.94. The molecule has 0 aliphatic heterocycles. The van der Waals surface area contributed by atoms with E-state index in [1.165, 1.54) is 12.8 Å². The molecule has 74 valence electrons. The third-order valence-corrected chi connectivity index (χ3v) is 1.97. The van der Waals surface area contributed by atoms with Crippen LogP contribution in [-0.4, -0.2) is 12.3 Å². The van der Waals surface area contributed by atoms with Gasteiger partial charge in [0.25, 0.3) is 0 Å². The van der Waals surface area contributed by atoms with E-state index in [4.69, 9.17) is 5.53 Å². The first kappa shape index (κ1) is 12.0. The minimum Gasteiger partial charge on any atom is -0.303 e. The molecule has 0 bridgehead atoms. The van der Waals surface area contributed by atoms with E-state index >= 15 is 0 Å². The standard InChI is InChI=1S/C9H17N3O/c1-2-3-4-5-6-9(7-8-13)11-12-10/h8-9H,2-7H2,1H3. The Morgan fingerprint density at radius 2 is 2.23 bits per heavy atom. The maximum Gasteiger partial charge on any atom is 0.120 e. The molecule has 0 radical (unpaired) electrons. The Kier molecular flexibility index (Phi) is 8.36. The van der Waals surface area contributed by atoms with Crippen LogP contribution in [0.1, 0.15) is 45.4 Å². The average molecular weight is 183 g/mol. The highest BCUT2D eigenvalue weighted by Gasteiger charge is 2.04. The molecule has 1 atom stereocenters. The normalized spacial score (nSPS) is 11.8. The average Bonchev–Trinajstić information content (AvgIpc) is 2.13. The molecule has 0 aliphatic rings. The number of nitrogens with zero attached hydrogens (tertiary/aromatic N) is 3. The zero-order valence-electron chi connectivity index (χ0n) is 8.15. The van der Waals surface area contributed by atoms with Crippen molar-refractivity contribution in [2.24, 2.45) is 5.11 Å². The number of carbonyl (C=O) groups is 1. The number of carbonyl (C=O) groups excluding carboxylic acids is 1. The summed E-state index contributed by atoms with van der Waals surface area (Å²) in [6.07, 6.45) is 6.63. The summed E-state index contributed by atoms with van der Waals surface area (Å²) in [4.78, 5) is 12.9. The Bertz CT molecular complexity index is 176. The van der Waals surface area contributed by atoms with Gasteiger partial charge in [-0.3, -0.25) is 0 Å². The van der Waals surface area contributed by atoms with Gasteiger partial charge in [0.1, 0.15) is 6.29 Å². The van der Waals surface area contributed by atoms with Crippen LogP contribution >= 0.6 is 0 Å². The second-order valence-corrected chi connectivity index (χ2v) is 3.11. The van der Waals surface area contributed by atoms with Gasteiger partial charge < -0.3 is 4.79 Å². The van der Waals surface area contributed by atoms with Gasteiger partial charge in [0.2, 0.25) is 0 Å². The minimum absolute atomic E-state index is 0.126. The number of rotatable bonds is 8. The van der Waals surface area contributed by atoms with Crippen molar-refractivity contribution in [3.05, 3.63) is 10.4 Å². The molecule has 1 unspecified atom stereocenters. The molecule has 0 saturated heterocycles. The van der Waals surface area contributed by atoms with Crippen molar-refractivity contribution < 1.29 is 4.79 Å². The Morgan fingerprint density at radius 3 is 2.77 bits per heavy atom. The quantitative estimate of drug-likeness (QED) is 0.187. The molecule has 0 N–H and O–H groups in total. The number of hydrogen-bond donors (Lipinski definition) is 0. The van der Waals surface area contributed by atoms with E-state index in [2.05, 4.69) is 16.9 Å². The van der Waals surface area contributed by atoms with Crippen molar-refractivity contribution >= 4 is 6.29 Å². The van der Waals surface area contributed by atoms with Crippen molar-refractivity contribution in [2.45, 2.75) is 51.5 Å². The first-order chi connectivity index (χ1) is 6.35. The molecule has 0 fully saturated rings. The van der Waals surface area contributed by atoms with Crippen LogP contribution in [0.25, 0.3) is 10.4 Å². The van der Waals surface area contributed by atoms with Gasteiger partial charge in [-0.05, 0) is 12.0 Å². The second-order valence-electron chi connectivity index (χ2n) is 3.11. The summed E-state index contributed by atoms with van der Waals surface area (Å²) < 4.78 is 0. The van der Waals surface area contributed by atoms with Crippen molar-refractivity contribution in [3.8, 4) is 0 Å². The highest BCUT2D eigenvalue weighted by atomic mass is 16.1. The van der Waals surface area contributed by atoms with Crippen LogP contribution in [0.15, 0.2) is 5.11 Å². The summed E-state index contributed by atoms with van der Waals surface area (Å²) >= 11 is 0. The van der Waals surface area contributed by atoms with Gasteiger partial charge in [-0.2, -0.15) is 0 Å². The van der Waals surface area contributed by atoms with Crippen LogP contribution in [-0.2, 0) is 4.79 Å². The van der Waals surface area contributed by atoms with E-state index in [1.807, 2.05) is 0 Å². The number of unbranched alkanes of at least 4 members (excludes halogenated alkanes) is 3. The summed E-state index contributed by atoms with van der Waals surface area (Å²) in [5.74, 6) is 0. The van der Waals surface area contributed by atoms with E-state index < -0.39 is 0 Å². The lowest BCUT2D eigenvalue weighted by atomic mass is 10.1. The molecule has 0 spiro atoms. The number of aldehydes is 1. The molecule has 0 aliphatic carbocycles. The van der Waals surface area contributed by atoms with Crippen molar-refractivity contribution in [2.75, 3.05) is 0 Å². The van der Waals surface area contributed by atoms with Crippen LogP contribution in [0.3, 0.4) is 0 Å². The third-order valence-electron chi connectivity index (χ3n) is 1.97. The van der Waals surface area contributed by atoms with Crippen molar-refractivity contribution in [1.29, 1.82) is 0 Å². The van der Waals surface area contributed by atoms with Gasteiger partial charge in [-0.15, -0.1) is 0 Å². The molecule has 0 heterocycles. The third kappa shape index (κ3) is 7.34. The monoisotopic (exact) mass is 183 g/mol. The number of hydrogen-bond acceptors (Lipinski definition) is 2. The molecule has 13 heavy (non-hydrogen) atoms.